The molecule has 0 aliphatic rings. The average Bonchev–Trinajstić information content (AvgIpc) is 3.21. The summed E-state index contributed by atoms with van der Waals surface area (Å²) < 4.78 is 7.04. The van der Waals surface area contributed by atoms with Crippen LogP contribution in [0.4, 0.5) is 0 Å². The third-order valence-electron chi connectivity index (χ3n) is 3.50. The fraction of sp³-hybridized carbons (Fsp3) is 0.111. The topological polar surface area (TPSA) is 98.1 Å². The summed E-state index contributed by atoms with van der Waals surface area (Å²) in [4.78, 5) is 32.3. The zero-order valence-corrected chi connectivity index (χ0v) is 14.0. The number of nitrogens with zero attached hydrogens (tertiary/aromatic N) is 3. The number of hydrogen-bond donors (Lipinski definition) is 2. The number of rotatable bonds is 5. The second-order valence-corrected chi connectivity index (χ2v) is 5.24. The number of nitrogens with one attached hydrogen (secondary N) is 2. The van der Waals surface area contributed by atoms with Crippen LogP contribution in [0.15, 0.2) is 61.3 Å². The normalized spacial score (nSPS) is 10.2. The predicted octanol–water partition coefficient (Wildman–Crippen LogP) is 1.74. The fourth-order valence-electron chi connectivity index (χ4n) is 2.19. The molecule has 8 heteroatoms. The lowest BCUT2D eigenvalue weighted by Gasteiger charge is -2.08. The smallest absolute Gasteiger partial charge is 0.271 e. The van der Waals surface area contributed by atoms with Crippen molar-refractivity contribution in [2.24, 2.45) is 0 Å². The molecule has 0 bridgehead atoms. The van der Waals surface area contributed by atoms with Crippen LogP contribution in [0.5, 0.6) is 5.75 Å². The predicted molar refractivity (Wildman–Crippen MR) is 93.9 cm³/mol. The molecule has 2 aromatic heterocycles. The van der Waals surface area contributed by atoms with Gasteiger partial charge in [-0.15, -0.1) is 0 Å². The van der Waals surface area contributed by atoms with Crippen molar-refractivity contribution < 1.29 is 14.3 Å². The molecule has 2 amide bonds. The van der Waals surface area contributed by atoms with E-state index in [9.17, 15) is 9.59 Å². The first kappa shape index (κ1) is 17.2. The summed E-state index contributed by atoms with van der Waals surface area (Å²) >= 11 is 0. The van der Waals surface area contributed by atoms with Crippen LogP contribution in [0.2, 0.25) is 0 Å². The van der Waals surface area contributed by atoms with Gasteiger partial charge in [0.15, 0.2) is 0 Å². The number of imidazole rings is 1. The molecule has 3 rings (SSSR count). The van der Waals surface area contributed by atoms with Gasteiger partial charge in [0.25, 0.3) is 11.8 Å². The molecule has 0 radical (unpaired) electrons. The molecular formula is C18H17N5O3. The molecule has 2 N–H and O–H groups in total. The largest absolute Gasteiger partial charge is 0.494 e. The number of hydrazine groups is 1. The number of pyridine rings is 1. The highest BCUT2D eigenvalue weighted by molar-refractivity contribution is 5.99. The summed E-state index contributed by atoms with van der Waals surface area (Å²) in [5.41, 5.74) is 5.46. The van der Waals surface area contributed by atoms with Gasteiger partial charge in [-0.2, -0.15) is 0 Å². The van der Waals surface area contributed by atoms with E-state index >= 15 is 0 Å². The van der Waals surface area contributed by atoms with Crippen LogP contribution < -0.4 is 15.6 Å². The molecule has 2 heterocycles. The molecule has 8 nitrogen and oxygen atoms in total. The molecule has 0 unspecified atom stereocenters. The number of ether oxygens (including phenoxy) is 1. The van der Waals surface area contributed by atoms with Crippen LogP contribution in [0.1, 0.15) is 27.6 Å². The number of carbonyl (C=O) groups excluding carboxylic acids is 2. The van der Waals surface area contributed by atoms with Crippen molar-refractivity contribution in [1.82, 2.24) is 25.4 Å². The van der Waals surface area contributed by atoms with Crippen molar-refractivity contribution in [3.05, 3.63) is 72.4 Å². The van der Waals surface area contributed by atoms with E-state index in [1.807, 2.05) is 6.92 Å². The number of aromatic nitrogens is 3. The van der Waals surface area contributed by atoms with Gasteiger partial charge in [0.2, 0.25) is 0 Å². The second-order valence-electron chi connectivity index (χ2n) is 5.24. The Morgan fingerprint density at radius 3 is 2.31 bits per heavy atom. The molecule has 132 valence electrons. The first-order chi connectivity index (χ1) is 12.7. The molecule has 0 aliphatic carbocycles. The highest BCUT2D eigenvalue weighted by Gasteiger charge is 2.10. The zero-order valence-electron chi connectivity index (χ0n) is 14.0. The Hall–Kier alpha value is -3.68. The summed E-state index contributed by atoms with van der Waals surface area (Å²) in [5, 5.41) is 0. The molecule has 0 saturated carbocycles. The molecule has 0 fully saturated rings. The highest BCUT2D eigenvalue weighted by atomic mass is 16.5. The van der Waals surface area contributed by atoms with Crippen molar-refractivity contribution in [2.45, 2.75) is 6.92 Å². The molecule has 26 heavy (non-hydrogen) atoms. The van der Waals surface area contributed by atoms with Crippen LogP contribution in [-0.2, 0) is 0 Å². The summed E-state index contributed by atoms with van der Waals surface area (Å²) in [6.07, 6.45) is 6.42. The molecule has 0 saturated heterocycles. The lowest BCUT2D eigenvalue weighted by Crippen LogP contribution is -2.41. The van der Waals surface area contributed by atoms with Gasteiger partial charge < -0.3 is 4.74 Å². The van der Waals surface area contributed by atoms with Gasteiger partial charge in [0, 0.05) is 24.2 Å². The van der Waals surface area contributed by atoms with E-state index in [0.29, 0.717) is 29.3 Å². The van der Waals surface area contributed by atoms with Crippen LogP contribution in [-0.4, -0.2) is 33.0 Å². The molecular weight excluding hydrogens is 334 g/mol. The van der Waals surface area contributed by atoms with Crippen molar-refractivity contribution in [2.75, 3.05) is 6.61 Å². The van der Waals surface area contributed by atoms with E-state index < -0.39 is 11.8 Å². The van der Waals surface area contributed by atoms with Crippen LogP contribution in [0.25, 0.3) is 5.82 Å². The van der Waals surface area contributed by atoms with Gasteiger partial charge in [0.1, 0.15) is 17.9 Å². The SMILES string of the molecule is CCOc1ccc(C(=O)NNC(=O)c2ccc(-n3ccnc3)nc2)cc1. The Balaban J connectivity index is 1.57. The Bertz CT molecular complexity index is 874. The van der Waals surface area contributed by atoms with E-state index in [1.165, 1.54) is 6.20 Å². The van der Waals surface area contributed by atoms with E-state index in [1.54, 1.807) is 59.7 Å². The van der Waals surface area contributed by atoms with Crippen molar-refractivity contribution in [1.29, 1.82) is 0 Å². The maximum absolute atomic E-state index is 12.1. The Morgan fingerprint density at radius 2 is 1.73 bits per heavy atom. The van der Waals surface area contributed by atoms with Crippen molar-refractivity contribution in [3.8, 4) is 11.6 Å². The summed E-state index contributed by atoms with van der Waals surface area (Å²) in [5.74, 6) is 0.424. The fourth-order valence-corrected chi connectivity index (χ4v) is 2.19. The molecule has 3 aromatic rings. The first-order valence-electron chi connectivity index (χ1n) is 7.95. The van der Waals surface area contributed by atoms with Gasteiger partial charge in [0.05, 0.1) is 12.2 Å². The monoisotopic (exact) mass is 351 g/mol. The van der Waals surface area contributed by atoms with E-state index in [0.717, 1.165) is 0 Å². The second kappa shape index (κ2) is 7.93. The van der Waals surface area contributed by atoms with Crippen LogP contribution in [0.3, 0.4) is 0 Å². The minimum atomic E-state index is -0.464. The van der Waals surface area contributed by atoms with Gasteiger partial charge in [-0.1, -0.05) is 0 Å². The summed E-state index contributed by atoms with van der Waals surface area (Å²) in [7, 11) is 0. The lowest BCUT2D eigenvalue weighted by molar-refractivity contribution is 0.0846. The van der Waals surface area contributed by atoms with Gasteiger partial charge in [-0.05, 0) is 43.3 Å². The first-order valence-corrected chi connectivity index (χ1v) is 7.95. The molecule has 0 atom stereocenters. The standard InChI is InChI=1S/C18H17N5O3/c1-2-26-15-6-3-13(4-7-15)17(24)21-22-18(25)14-5-8-16(20-11-14)23-10-9-19-12-23/h3-12H,2H2,1H3,(H,21,24)(H,22,25). The Morgan fingerprint density at radius 1 is 1.04 bits per heavy atom. The number of amides is 2. The molecule has 1 aromatic carbocycles. The van der Waals surface area contributed by atoms with E-state index in [2.05, 4.69) is 20.8 Å². The zero-order chi connectivity index (χ0) is 18.4. The number of carbonyl (C=O) groups is 2. The number of hydrogen-bond acceptors (Lipinski definition) is 5. The van der Waals surface area contributed by atoms with Gasteiger partial charge in [-0.25, -0.2) is 9.97 Å². The quantitative estimate of drug-likeness (QED) is 0.682. The highest BCUT2D eigenvalue weighted by Crippen LogP contribution is 2.11. The molecule has 0 spiro atoms. The minimum absolute atomic E-state index is 0.320. The van der Waals surface area contributed by atoms with E-state index in [4.69, 9.17) is 4.74 Å². The maximum Gasteiger partial charge on any atom is 0.271 e. The van der Waals surface area contributed by atoms with Gasteiger partial charge >= 0.3 is 0 Å². The van der Waals surface area contributed by atoms with E-state index in [-0.39, 0.29) is 0 Å². The van der Waals surface area contributed by atoms with Crippen LogP contribution >= 0.6 is 0 Å². The Kier molecular flexibility index (Phi) is 5.23. The lowest BCUT2D eigenvalue weighted by atomic mass is 10.2. The third-order valence-corrected chi connectivity index (χ3v) is 3.50. The average molecular weight is 351 g/mol. The summed E-state index contributed by atoms with van der Waals surface area (Å²) in [6, 6.07) is 9.92. The van der Waals surface area contributed by atoms with Crippen LogP contribution in [0, 0.1) is 0 Å². The van der Waals surface area contributed by atoms with Gasteiger partial charge in [-0.3, -0.25) is 25.0 Å². The minimum Gasteiger partial charge on any atom is -0.494 e. The summed E-state index contributed by atoms with van der Waals surface area (Å²) in [6.45, 7) is 2.43. The third kappa shape index (κ3) is 4.04. The maximum atomic E-state index is 12.1. The van der Waals surface area contributed by atoms with Crippen molar-refractivity contribution >= 4 is 11.8 Å². The Labute approximate surface area is 149 Å². The number of benzene rings is 1. The molecule has 0 aliphatic heterocycles. The van der Waals surface area contributed by atoms with Crippen molar-refractivity contribution in [3.63, 3.8) is 0 Å².